The molecule has 0 radical (unpaired) electrons. The average molecular weight is 298 g/mol. The number of hydrogen-bond acceptors (Lipinski definition) is 4. The zero-order valence-corrected chi connectivity index (χ0v) is 14.6. The molecule has 1 N–H and O–H groups in total. The second-order valence-electron chi connectivity index (χ2n) is 6.88. The Morgan fingerprint density at radius 1 is 1.38 bits per heavy atom. The number of unbranched alkanes of at least 4 members (excludes halogenated alkanes) is 1. The van der Waals surface area contributed by atoms with Crippen LogP contribution < -0.4 is 5.32 Å². The van der Waals surface area contributed by atoms with Gasteiger partial charge in [0.05, 0.1) is 6.61 Å². The van der Waals surface area contributed by atoms with Crippen LogP contribution in [0.25, 0.3) is 0 Å². The summed E-state index contributed by atoms with van der Waals surface area (Å²) in [7, 11) is 1.84. The Bertz CT molecular complexity index is 316. The molecule has 0 bridgehead atoms. The molecule has 1 fully saturated rings. The first kappa shape index (κ1) is 18.4. The standard InChI is InChI=1S/C17H34N2O2/c1-6-21-16(20)17(4,18-5)11-7-8-12-19(13-14(2)3)15-9-10-15/h14-15,18H,6-13H2,1-5H3. The topological polar surface area (TPSA) is 41.6 Å². The van der Waals surface area contributed by atoms with Crippen LogP contribution in [0.15, 0.2) is 0 Å². The van der Waals surface area contributed by atoms with E-state index in [-0.39, 0.29) is 5.97 Å². The minimum absolute atomic E-state index is 0.131. The third kappa shape index (κ3) is 6.35. The summed E-state index contributed by atoms with van der Waals surface area (Å²) < 4.78 is 5.17. The largest absolute Gasteiger partial charge is 0.465 e. The molecular weight excluding hydrogens is 264 g/mol. The zero-order valence-electron chi connectivity index (χ0n) is 14.6. The fourth-order valence-electron chi connectivity index (χ4n) is 2.74. The van der Waals surface area contributed by atoms with Crippen molar-refractivity contribution in [2.24, 2.45) is 5.92 Å². The van der Waals surface area contributed by atoms with Gasteiger partial charge in [0.15, 0.2) is 0 Å². The van der Waals surface area contributed by atoms with Crippen LogP contribution in [0.1, 0.15) is 59.8 Å². The summed E-state index contributed by atoms with van der Waals surface area (Å²) in [6.07, 6.45) is 5.77. The van der Waals surface area contributed by atoms with Crippen LogP contribution in [-0.4, -0.2) is 49.2 Å². The highest BCUT2D eigenvalue weighted by Crippen LogP contribution is 2.28. The van der Waals surface area contributed by atoms with Crippen LogP contribution in [-0.2, 0) is 9.53 Å². The van der Waals surface area contributed by atoms with Gasteiger partial charge < -0.3 is 15.0 Å². The molecule has 0 aromatic rings. The molecule has 0 aromatic carbocycles. The molecule has 0 aromatic heterocycles. The third-order valence-corrected chi connectivity index (χ3v) is 4.31. The molecule has 0 amide bonds. The monoisotopic (exact) mass is 298 g/mol. The Labute approximate surface area is 130 Å². The molecule has 0 aliphatic heterocycles. The first-order chi connectivity index (χ1) is 9.92. The molecule has 124 valence electrons. The van der Waals surface area contributed by atoms with Gasteiger partial charge in [0, 0.05) is 12.6 Å². The van der Waals surface area contributed by atoms with Crippen molar-refractivity contribution in [1.29, 1.82) is 0 Å². The molecule has 21 heavy (non-hydrogen) atoms. The van der Waals surface area contributed by atoms with Gasteiger partial charge in [0.1, 0.15) is 5.54 Å². The molecule has 0 spiro atoms. The van der Waals surface area contributed by atoms with Gasteiger partial charge in [-0.15, -0.1) is 0 Å². The Kier molecular flexibility index (Phi) is 7.67. The van der Waals surface area contributed by atoms with Crippen molar-refractivity contribution in [3.8, 4) is 0 Å². The second kappa shape index (κ2) is 8.74. The van der Waals surface area contributed by atoms with Crippen molar-refractivity contribution in [2.75, 3.05) is 26.7 Å². The van der Waals surface area contributed by atoms with Gasteiger partial charge >= 0.3 is 5.97 Å². The van der Waals surface area contributed by atoms with Crippen LogP contribution in [0, 0.1) is 5.92 Å². The molecule has 1 aliphatic carbocycles. The van der Waals surface area contributed by atoms with Gasteiger partial charge in [-0.2, -0.15) is 0 Å². The summed E-state index contributed by atoms with van der Waals surface area (Å²) in [5.74, 6) is 0.599. The van der Waals surface area contributed by atoms with E-state index in [2.05, 4.69) is 24.1 Å². The number of hydrogen-bond donors (Lipinski definition) is 1. The highest BCUT2D eigenvalue weighted by molar-refractivity contribution is 5.80. The smallest absolute Gasteiger partial charge is 0.326 e. The van der Waals surface area contributed by atoms with Crippen molar-refractivity contribution in [1.82, 2.24) is 10.2 Å². The number of carbonyl (C=O) groups excluding carboxylic acids is 1. The van der Waals surface area contributed by atoms with Gasteiger partial charge in [-0.25, -0.2) is 0 Å². The predicted octanol–water partition coefficient (Wildman–Crippen LogP) is 2.82. The molecule has 0 saturated heterocycles. The maximum absolute atomic E-state index is 12.0. The lowest BCUT2D eigenvalue weighted by Gasteiger charge is -2.28. The Morgan fingerprint density at radius 3 is 2.52 bits per heavy atom. The maximum atomic E-state index is 12.0. The number of rotatable bonds is 11. The predicted molar refractivity (Wildman–Crippen MR) is 87.4 cm³/mol. The van der Waals surface area contributed by atoms with E-state index < -0.39 is 5.54 Å². The Morgan fingerprint density at radius 2 is 2.05 bits per heavy atom. The van der Waals surface area contributed by atoms with Crippen LogP contribution in [0.3, 0.4) is 0 Å². The van der Waals surface area contributed by atoms with Crippen LogP contribution in [0.4, 0.5) is 0 Å². The average Bonchev–Trinajstić information content (AvgIpc) is 3.26. The van der Waals surface area contributed by atoms with Gasteiger partial charge in [-0.1, -0.05) is 13.8 Å². The van der Waals surface area contributed by atoms with Crippen molar-refractivity contribution in [3.05, 3.63) is 0 Å². The minimum atomic E-state index is -0.543. The van der Waals surface area contributed by atoms with Crippen molar-refractivity contribution >= 4 is 5.97 Å². The highest BCUT2D eigenvalue weighted by Gasteiger charge is 2.33. The van der Waals surface area contributed by atoms with Crippen molar-refractivity contribution in [2.45, 2.75) is 71.4 Å². The summed E-state index contributed by atoms with van der Waals surface area (Å²) in [6, 6.07) is 0.827. The summed E-state index contributed by atoms with van der Waals surface area (Å²) in [5, 5.41) is 3.13. The molecule has 1 unspecified atom stereocenters. The number of ether oxygens (including phenoxy) is 1. The van der Waals surface area contributed by atoms with Crippen LogP contribution >= 0.6 is 0 Å². The summed E-state index contributed by atoms with van der Waals surface area (Å²) >= 11 is 0. The molecule has 4 nitrogen and oxygen atoms in total. The number of likely N-dealkylation sites (N-methyl/N-ethyl adjacent to an activating group) is 1. The third-order valence-electron chi connectivity index (χ3n) is 4.31. The summed E-state index contributed by atoms with van der Waals surface area (Å²) in [5.41, 5.74) is -0.543. The number of esters is 1. The first-order valence-electron chi connectivity index (χ1n) is 8.53. The van der Waals surface area contributed by atoms with Crippen LogP contribution in [0.5, 0.6) is 0 Å². The molecule has 1 aliphatic rings. The maximum Gasteiger partial charge on any atom is 0.326 e. The van der Waals surface area contributed by atoms with E-state index in [9.17, 15) is 4.79 Å². The summed E-state index contributed by atoms with van der Waals surface area (Å²) in [6.45, 7) is 11.2. The number of nitrogens with one attached hydrogen (secondary N) is 1. The molecule has 1 rings (SSSR count). The minimum Gasteiger partial charge on any atom is -0.465 e. The Hall–Kier alpha value is -0.610. The fourth-order valence-corrected chi connectivity index (χ4v) is 2.74. The van der Waals surface area contributed by atoms with Gasteiger partial charge in [-0.05, 0) is 65.5 Å². The van der Waals surface area contributed by atoms with Gasteiger partial charge in [0.2, 0.25) is 0 Å². The van der Waals surface area contributed by atoms with E-state index >= 15 is 0 Å². The SMILES string of the molecule is CCOC(=O)C(C)(CCCCN(CC(C)C)C1CC1)NC. The number of nitrogens with zero attached hydrogens (tertiary/aromatic N) is 1. The molecule has 1 saturated carbocycles. The zero-order chi connectivity index (χ0) is 15.9. The van der Waals surface area contributed by atoms with E-state index in [0.717, 1.165) is 37.8 Å². The molecular formula is C17H34N2O2. The van der Waals surface area contributed by atoms with Crippen molar-refractivity contribution in [3.63, 3.8) is 0 Å². The lowest BCUT2D eigenvalue weighted by molar-refractivity contribution is -0.150. The second-order valence-corrected chi connectivity index (χ2v) is 6.88. The quantitative estimate of drug-likeness (QED) is 0.470. The molecule has 0 heterocycles. The Balaban J connectivity index is 2.31. The van der Waals surface area contributed by atoms with Gasteiger partial charge in [0.25, 0.3) is 0 Å². The van der Waals surface area contributed by atoms with E-state index in [0.29, 0.717) is 6.61 Å². The van der Waals surface area contributed by atoms with Crippen LogP contribution in [0.2, 0.25) is 0 Å². The lowest BCUT2D eigenvalue weighted by atomic mass is 9.95. The van der Waals surface area contributed by atoms with E-state index in [1.165, 1.54) is 19.4 Å². The molecule has 1 atom stereocenters. The molecule has 4 heteroatoms. The van der Waals surface area contributed by atoms with E-state index in [1.807, 2.05) is 20.9 Å². The fraction of sp³-hybridized carbons (Fsp3) is 0.941. The highest BCUT2D eigenvalue weighted by atomic mass is 16.5. The van der Waals surface area contributed by atoms with E-state index in [1.54, 1.807) is 0 Å². The van der Waals surface area contributed by atoms with Gasteiger partial charge in [-0.3, -0.25) is 4.79 Å². The lowest BCUT2D eigenvalue weighted by Crippen LogP contribution is -2.48. The number of carbonyl (C=O) groups is 1. The summed E-state index contributed by atoms with van der Waals surface area (Å²) in [4.78, 5) is 14.6. The van der Waals surface area contributed by atoms with E-state index in [4.69, 9.17) is 4.74 Å². The van der Waals surface area contributed by atoms with Crippen molar-refractivity contribution < 1.29 is 9.53 Å². The normalized spacial score (nSPS) is 18.0. The first-order valence-corrected chi connectivity index (χ1v) is 8.53.